The van der Waals surface area contributed by atoms with Crippen LogP contribution >= 0.6 is 0 Å². The number of benzene rings is 1. The summed E-state index contributed by atoms with van der Waals surface area (Å²) < 4.78 is 5.22. The fourth-order valence-corrected chi connectivity index (χ4v) is 4.05. The van der Waals surface area contributed by atoms with Crippen LogP contribution in [0.4, 0.5) is 4.79 Å². The molecule has 0 aromatic heterocycles. The highest BCUT2D eigenvalue weighted by atomic mass is 16.6. The number of hydrogen-bond acceptors (Lipinski definition) is 3. The summed E-state index contributed by atoms with van der Waals surface area (Å²) in [4.78, 5) is 30.5. The molecule has 1 aliphatic heterocycles. The van der Waals surface area contributed by atoms with Gasteiger partial charge in [-0.15, -0.1) is 0 Å². The summed E-state index contributed by atoms with van der Waals surface area (Å²) in [6.07, 6.45) is 10.6. The molecule has 0 saturated carbocycles. The van der Waals surface area contributed by atoms with Crippen LogP contribution in [0.15, 0.2) is 30.0 Å². The van der Waals surface area contributed by atoms with Crippen LogP contribution in [0.5, 0.6) is 0 Å². The molecular formula is C25H35N3O3. The molecule has 1 aromatic rings. The number of amides is 1. The lowest BCUT2D eigenvalue weighted by molar-refractivity contribution is -0.118. The van der Waals surface area contributed by atoms with Crippen LogP contribution in [0.25, 0.3) is 11.6 Å². The maximum absolute atomic E-state index is 13.0. The molecule has 1 aliphatic rings. The number of carbonyl (C=O) groups excluding carboxylic acids is 2. The minimum absolute atomic E-state index is 0.0177. The second-order valence-electron chi connectivity index (χ2n) is 8.02. The van der Waals surface area contributed by atoms with Gasteiger partial charge in [-0.2, -0.15) is 4.79 Å². The van der Waals surface area contributed by atoms with Gasteiger partial charge in [-0.25, -0.2) is 4.79 Å². The zero-order valence-electron chi connectivity index (χ0n) is 19.1. The molecule has 0 bridgehead atoms. The standard InChI is InChI=1S/C25H35N3O3/c1-4-6-7-8-9-10-11-12-17-22(29)23(27-26)24-21-16-14-13-15-20(21)18-19(3)28(24)25(30)31-5-2/h13-16,18,24H,4-12,17H2,1-3H3. The predicted molar refractivity (Wildman–Crippen MR) is 123 cm³/mol. The lowest BCUT2D eigenvalue weighted by Gasteiger charge is -2.33. The monoisotopic (exact) mass is 425 g/mol. The quantitative estimate of drug-likeness (QED) is 0.170. The number of fused-ring (bicyclic) bond motifs is 1. The Hall–Kier alpha value is -2.72. The van der Waals surface area contributed by atoms with Crippen molar-refractivity contribution in [3.8, 4) is 0 Å². The van der Waals surface area contributed by atoms with Gasteiger partial charge in [-0.1, -0.05) is 76.1 Å². The second-order valence-corrected chi connectivity index (χ2v) is 8.02. The number of hydrogen-bond donors (Lipinski definition) is 0. The Morgan fingerprint density at radius 2 is 1.68 bits per heavy atom. The lowest BCUT2D eigenvalue weighted by Crippen LogP contribution is -2.43. The number of ether oxygens (including phenoxy) is 1. The summed E-state index contributed by atoms with van der Waals surface area (Å²) in [5.74, 6) is -0.239. The highest BCUT2D eigenvalue weighted by Gasteiger charge is 2.43. The van der Waals surface area contributed by atoms with E-state index in [1.165, 1.54) is 37.0 Å². The number of ketones is 1. The average Bonchev–Trinajstić information content (AvgIpc) is 2.76. The molecular weight excluding hydrogens is 390 g/mol. The van der Waals surface area contributed by atoms with E-state index in [-0.39, 0.29) is 18.1 Å². The van der Waals surface area contributed by atoms with Crippen molar-refractivity contribution in [1.29, 1.82) is 0 Å². The Bertz CT molecular complexity index is 840. The molecule has 1 amide bonds. The minimum atomic E-state index is -0.799. The molecule has 1 unspecified atom stereocenters. The van der Waals surface area contributed by atoms with Crippen LogP contribution in [-0.4, -0.2) is 33.9 Å². The Labute approximate surface area is 185 Å². The Morgan fingerprint density at radius 3 is 2.32 bits per heavy atom. The first-order valence-corrected chi connectivity index (χ1v) is 11.5. The topological polar surface area (TPSA) is 83.0 Å². The first-order chi connectivity index (χ1) is 15.0. The van der Waals surface area contributed by atoms with Crippen LogP contribution in [0.3, 0.4) is 0 Å². The van der Waals surface area contributed by atoms with E-state index in [9.17, 15) is 15.1 Å². The zero-order valence-corrected chi connectivity index (χ0v) is 19.1. The highest BCUT2D eigenvalue weighted by Crippen LogP contribution is 2.35. The second kappa shape index (κ2) is 12.9. The van der Waals surface area contributed by atoms with Crippen molar-refractivity contribution in [3.63, 3.8) is 0 Å². The number of nitrogens with zero attached hydrogens (tertiary/aromatic N) is 3. The number of carbonyl (C=O) groups is 2. The summed E-state index contributed by atoms with van der Waals surface area (Å²) in [6, 6.07) is 6.72. The van der Waals surface area contributed by atoms with Gasteiger partial charge in [-0.3, -0.25) is 9.69 Å². The van der Waals surface area contributed by atoms with Crippen molar-refractivity contribution >= 4 is 23.7 Å². The Morgan fingerprint density at radius 1 is 1.03 bits per heavy atom. The third-order valence-corrected chi connectivity index (χ3v) is 5.67. The van der Waals surface area contributed by atoms with Gasteiger partial charge in [-0.05, 0) is 37.5 Å². The molecule has 0 spiro atoms. The molecule has 2 rings (SSSR count). The van der Waals surface area contributed by atoms with Gasteiger partial charge in [0.1, 0.15) is 0 Å². The first-order valence-electron chi connectivity index (χ1n) is 11.5. The minimum Gasteiger partial charge on any atom is -0.449 e. The van der Waals surface area contributed by atoms with Crippen LogP contribution in [0.2, 0.25) is 0 Å². The maximum Gasteiger partial charge on any atom is 0.415 e. The molecule has 1 atom stereocenters. The lowest BCUT2D eigenvalue weighted by atomic mass is 9.88. The maximum atomic E-state index is 13.0. The van der Waals surface area contributed by atoms with Crippen molar-refractivity contribution in [2.24, 2.45) is 0 Å². The molecule has 6 heteroatoms. The normalized spacial score (nSPS) is 15.0. The SMILES string of the molecule is CCCCCCCCCCC(=O)C(=[N+]=[N-])C1c2ccccc2C=C(C)N1C(=O)OCC. The van der Waals surface area contributed by atoms with Crippen molar-refractivity contribution in [2.45, 2.75) is 84.6 Å². The van der Waals surface area contributed by atoms with E-state index in [4.69, 9.17) is 4.74 Å². The summed E-state index contributed by atoms with van der Waals surface area (Å²) in [5, 5.41) is 0. The van der Waals surface area contributed by atoms with Crippen molar-refractivity contribution in [1.82, 2.24) is 4.90 Å². The van der Waals surface area contributed by atoms with Crippen molar-refractivity contribution in [3.05, 3.63) is 46.6 Å². The smallest absolute Gasteiger partial charge is 0.415 e. The van der Waals surface area contributed by atoms with Gasteiger partial charge in [0.15, 0.2) is 6.04 Å². The van der Waals surface area contributed by atoms with E-state index in [0.29, 0.717) is 12.1 Å². The third kappa shape index (κ3) is 6.63. The zero-order chi connectivity index (χ0) is 22.6. The number of unbranched alkanes of at least 4 members (excludes halogenated alkanes) is 7. The van der Waals surface area contributed by atoms with E-state index >= 15 is 0 Å². The van der Waals surface area contributed by atoms with E-state index in [1.807, 2.05) is 30.3 Å². The molecule has 1 aromatic carbocycles. The Kier molecular flexibility index (Phi) is 10.2. The summed E-state index contributed by atoms with van der Waals surface area (Å²) in [7, 11) is 0. The highest BCUT2D eigenvalue weighted by molar-refractivity contribution is 6.39. The predicted octanol–water partition coefficient (Wildman–Crippen LogP) is 6.33. The third-order valence-electron chi connectivity index (χ3n) is 5.67. The first kappa shape index (κ1) is 24.5. The molecule has 31 heavy (non-hydrogen) atoms. The van der Waals surface area contributed by atoms with Crippen molar-refractivity contribution < 1.29 is 19.1 Å². The summed E-state index contributed by atoms with van der Waals surface area (Å²) in [5.41, 5.74) is 12.0. The molecule has 0 N–H and O–H groups in total. The van der Waals surface area contributed by atoms with Crippen LogP contribution in [-0.2, 0) is 9.53 Å². The number of Topliss-reactive ketones (excluding diaryl/α,β-unsaturated/α-hetero) is 1. The average molecular weight is 426 g/mol. The Balaban J connectivity index is 2.11. The van der Waals surface area contributed by atoms with E-state index in [0.717, 1.165) is 30.4 Å². The number of rotatable bonds is 12. The van der Waals surface area contributed by atoms with Crippen LogP contribution in [0.1, 0.15) is 95.7 Å². The van der Waals surface area contributed by atoms with E-state index in [2.05, 4.69) is 11.7 Å². The summed E-state index contributed by atoms with van der Waals surface area (Å²) >= 11 is 0. The van der Waals surface area contributed by atoms with Crippen molar-refractivity contribution in [2.75, 3.05) is 6.61 Å². The molecule has 0 saturated heterocycles. The number of allylic oxidation sites excluding steroid dienone is 1. The molecule has 0 aliphatic carbocycles. The van der Waals surface area contributed by atoms with E-state index in [1.54, 1.807) is 13.8 Å². The fourth-order valence-electron chi connectivity index (χ4n) is 4.05. The molecule has 0 fully saturated rings. The van der Waals surface area contributed by atoms with E-state index < -0.39 is 12.1 Å². The van der Waals surface area contributed by atoms with Gasteiger partial charge in [0, 0.05) is 12.1 Å². The molecule has 168 valence electrons. The largest absolute Gasteiger partial charge is 0.449 e. The van der Waals surface area contributed by atoms with Crippen LogP contribution < -0.4 is 0 Å². The van der Waals surface area contributed by atoms with Gasteiger partial charge in [0.2, 0.25) is 5.78 Å². The van der Waals surface area contributed by atoms with Crippen LogP contribution in [0, 0.1) is 0 Å². The molecule has 0 radical (unpaired) electrons. The summed E-state index contributed by atoms with van der Waals surface area (Å²) in [6.45, 7) is 5.95. The van der Waals surface area contributed by atoms with Gasteiger partial charge in [0.25, 0.3) is 0 Å². The van der Waals surface area contributed by atoms with Gasteiger partial charge >= 0.3 is 11.8 Å². The fraction of sp³-hybridized carbons (Fsp3) is 0.560. The molecule has 1 heterocycles. The van der Waals surface area contributed by atoms with Gasteiger partial charge < -0.3 is 10.3 Å². The molecule has 6 nitrogen and oxygen atoms in total. The van der Waals surface area contributed by atoms with Gasteiger partial charge in [0.05, 0.1) is 6.61 Å².